The molecule has 0 aliphatic heterocycles. The molecular formula is C23H22N2O4. The summed E-state index contributed by atoms with van der Waals surface area (Å²) in [6.07, 6.45) is 0. The quantitative estimate of drug-likeness (QED) is 0.623. The van der Waals surface area contributed by atoms with Gasteiger partial charge >= 0.3 is 0 Å². The Morgan fingerprint density at radius 3 is 2.28 bits per heavy atom. The molecule has 0 fully saturated rings. The third-order valence-electron chi connectivity index (χ3n) is 4.13. The third kappa shape index (κ3) is 5.59. The number of benzene rings is 3. The third-order valence-corrected chi connectivity index (χ3v) is 4.13. The van der Waals surface area contributed by atoms with E-state index in [4.69, 9.17) is 9.47 Å². The van der Waals surface area contributed by atoms with E-state index in [0.29, 0.717) is 29.3 Å². The van der Waals surface area contributed by atoms with Crippen LogP contribution < -0.4 is 20.1 Å². The van der Waals surface area contributed by atoms with E-state index in [1.165, 1.54) is 14.0 Å². The number of hydrogen-bond donors (Lipinski definition) is 2. The fourth-order valence-electron chi connectivity index (χ4n) is 2.71. The van der Waals surface area contributed by atoms with Crippen LogP contribution in [0.4, 0.5) is 11.4 Å². The van der Waals surface area contributed by atoms with E-state index in [2.05, 4.69) is 10.6 Å². The van der Waals surface area contributed by atoms with Crippen molar-refractivity contribution >= 4 is 23.2 Å². The molecule has 0 aliphatic carbocycles. The number of methoxy groups -OCH3 is 1. The van der Waals surface area contributed by atoms with E-state index in [1.54, 1.807) is 30.3 Å². The van der Waals surface area contributed by atoms with Crippen molar-refractivity contribution in [1.82, 2.24) is 0 Å². The van der Waals surface area contributed by atoms with E-state index in [1.807, 2.05) is 42.5 Å². The Morgan fingerprint density at radius 2 is 1.62 bits per heavy atom. The largest absolute Gasteiger partial charge is 0.495 e. The Bertz CT molecular complexity index is 986. The van der Waals surface area contributed by atoms with Gasteiger partial charge < -0.3 is 20.1 Å². The lowest BCUT2D eigenvalue weighted by molar-refractivity contribution is -0.114. The molecule has 0 heterocycles. The van der Waals surface area contributed by atoms with Crippen LogP contribution in [0.5, 0.6) is 11.5 Å². The Hall–Kier alpha value is -3.80. The second-order valence-electron chi connectivity index (χ2n) is 6.35. The van der Waals surface area contributed by atoms with Gasteiger partial charge in [-0.25, -0.2) is 0 Å². The van der Waals surface area contributed by atoms with E-state index < -0.39 is 0 Å². The monoisotopic (exact) mass is 390 g/mol. The number of rotatable bonds is 7. The summed E-state index contributed by atoms with van der Waals surface area (Å²) in [4.78, 5) is 23.9. The zero-order chi connectivity index (χ0) is 20.6. The minimum absolute atomic E-state index is 0.222. The zero-order valence-corrected chi connectivity index (χ0v) is 16.3. The molecule has 6 nitrogen and oxygen atoms in total. The van der Waals surface area contributed by atoms with Gasteiger partial charge in [0.05, 0.1) is 12.8 Å². The average Bonchev–Trinajstić information content (AvgIpc) is 2.73. The van der Waals surface area contributed by atoms with Crippen molar-refractivity contribution < 1.29 is 19.1 Å². The summed E-state index contributed by atoms with van der Waals surface area (Å²) in [5, 5.41) is 5.51. The number of ether oxygens (including phenoxy) is 2. The molecule has 148 valence electrons. The minimum atomic E-state index is -0.250. The summed E-state index contributed by atoms with van der Waals surface area (Å²) in [5.74, 6) is 0.837. The van der Waals surface area contributed by atoms with Crippen molar-refractivity contribution in [3.05, 3.63) is 83.9 Å². The van der Waals surface area contributed by atoms with Gasteiger partial charge in [0.15, 0.2) is 0 Å². The molecule has 2 amide bonds. The number of nitrogens with one attached hydrogen (secondary N) is 2. The molecule has 0 atom stereocenters. The molecule has 3 aromatic carbocycles. The standard InChI is InChI=1S/C23H22N2O4/c1-16(26)24-21-14-19(12-13-22(21)28-2)25-23(27)18-10-8-17(9-11-18)15-29-20-6-4-3-5-7-20/h3-14H,15H2,1-2H3,(H,24,26)(H,25,27). The van der Waals surface area contributed by atoms with Crippen LogP contribution >= 0.6 is 0 Å². The first-order valence-corrected chi connectivity index (χ1v) is 9.09. The summed E-state index contributed by atoms with van der Waals surface area (Å²) in [7, 11) is 1.52. The average molecular weight is 390 g/mol. The molecular weight excluding hydrogens is 368 g/mol. The smallest absolute Gasteiger partial charge is 0.255 e. The van der Waals surface area contributed by atoms with Crippen LogP contribution in [0.25, 0.3) is 0 Å². The summed E-state index contributed by atoms with van der Waals surface area (Å²) in [5.41, 5.74) is 2.52. The fourth-order valence-corrected chi connectivity index (χ4v) is 2.71. The zero-order valence-electron chi connectivity index (χ0n) is 16.3. The van der Waals surface area contributed by atoms with Crippen LogP contribution in [-0.2, 0) is 11.4 Å². The molecule has 3 rings (SSSR count). The van der Waals surface area contributed by atoms with Crippen molar-refractivity contribution in [2.75, 3.05) is 17.7 Å². The molecule has 29 heavy (non-hydrogen) atoms. The number of anilines is 2. The predicted octanol–water partition coefficient (Wildman–Crippen LogP) is 4.48. The molecule has 0 aliphatic rings. The van der Waals surface area contributed by atoms with Crippen LogP contribution in [0.2, 0.25) is 0 Å². The van der Waals surface area contributed by atoms with Crippen molar-refractivity contribution in [2.24, 2.45) is 0 Å². The van der Waals surface area contributed by atoms with E-state index in [0.717, 1.165) is 11.3 Å². The van der Waals surface area contributed by atoms with Crippen LogP contribution in [0, 0.1) is 0 Å². The lowest BCUT2D eigenvalue weighted by Gasteiger charge is -2.12. The highest BCUT2D eigenvalue weighted by Crippen LogP contribution is 2.28. The normalized spacial score (nSPS) is 10.1. The van der Waals surface area contributed by atoms with Crippen LogP contribution in [0.15, 0.2) is 72.8 Å². The van der Waals surface area contributed by atoms with E-state index in [9.17, 15) is 9.59 Å². The molecule has 6 heteroatoms. The van der Waals surface area contributed by atoms with Gasteiger partial charge in [0, 0.05) is 18.2 Å². The highest BCUT2D eigenvalue weighted by atomic mass is 16.5. The molecule has 0 bridgehead atoms. The maximum atomic E-state index is 12.5. The Labute approximate surface area is 169 Å². The summed E-state index contributed by atoms with van der Waals surface area (Å²) < 4.78 is 10.9. The van der Waals surface area contributed by atoms with Crippen LogP contribution in [0.3, 0.4) is 0 Å². The molecule has 0 unspecified atom stereocenters. The first kappa shape index (κ1) is 19.9. The molecule has 3 aromatic rings. The first-order valence-electron chi connectivity index (χ1n) is 9.09. The van der Waals surface area contributed by atoms with Crippen LogP contribution in [0.1, 0.15) is 22.8 Å². The Morgan fingerprint density at radius 1 is 0.897 bits per heavy atom. The number of carbonyl (C=O) groups is 2. The highest BCUT2D eigenvalue weighted by Gasteiger charge is 2.10. The lowest BCUT2D eigenvalue weighted by atomic mass is 10.1. The van der Waals surface area contributed by atoms with Gasteiger partial charge in [0.1, 0.15) is 18.1 Å². The highest BCUT2D eigenvalue weighted by molar-refractivity contribution is 6.04. The number of para-hydroxylation sites is 1. The van der Waals surface area contributed by atoms with Gasteiger partial charge in [-0.2, -0.15) is 0 Å². The van der Waals surface area contributed by atoms with Gasteiger partial charge in [-0.1, -0.05) is 30.3 Å². The summed E-state index contributed by atoms with van der Waals surface area (Å²) in [6, 6.07) is 21.8. The van der Waals surface area contributed by atoms with Crippen molar-refractivity contribution in [3.8, 4) is 11.5 Å². The van der Waals surface area contributed by atoms with Gasteiger partial charge in [-0.05, 0) is 48.0 Å². The van der Waals surface area contributed by atoms with E-state index >= 15 is 0 Å². The molecule has 0 saturated heterocycles. The van der Waals surface area contributed by atoms with Crippen molar-refractivity contribution in [2.45, 2.75) is 13.5 Å². The lowest BCUT2D eigenvalue weighted by Crippen LogP contribution is -2.13. The second kappa shape index (κ2) is 9.41. The van der Waals surface area contributed by atoms with Gasteiger partial charge in [0.2, 0.25) is 5.91 Å². The SMILES string of the molecule is COc1ccc(NC(=O)c2ccc(COc3ccccc3)cc2)cc1NC(C)=O. The van der Waals surface area contributed by atoms with Crippen molar-refractivity contribution in [1.29, 1.82) is 0 Å². The van der Waals surface area contributed by atoms with Gasteiger partial charge in [0.25, 0.3) is 5.91 Å². The number of hydrogen-bond acceptors (Lipinski definition) is 4. The second-order valence-corrected chi connectivity index (χ2v) is 6.35. The first-order chi connectivity index (χ1) is 14.0. The molecule has 2 N–H and O–H groups in total. The Balaban J connectivity index is 1.64. The number of carbonyl (C=O) groups excluding carboxylic acids is 2. The molecule has 0 aromatic heterocycles. The predicted molar refractivity (Wildman–Crippen MR) is 112 cm³/mol. The summed E-state index contributed by atoms with van der Waals surface area (Å²) >= 11 is 0. The topological polar surface area (TPSA) is 76.7 Å². The maximum Gasteiger partial charge on any atom is 0.255 e. The minimum Gasteiger partial charge on any atom is -0.495 e. The van der Waals surface area contributed by atoms with Gasteiger partial charge in [-0.3, -0.25) is 9.59 Å². The number of amides is 2. The molecule has 0 radical (unpaired) electrons. The molecule has 0 spiro atoms. The van der Waals surface area contributed by atoms with Crippen LogP contribution in [-0.4, -0.2) is 18.9 Å². The Kier molecular flexibility index (Phi) is 6.47. The fraction of sp³-hybridized carbons (Fsp3) is 0.130. The van der Waals surface area contributed by atoms with Gasteiger partial charge in [-0.15, -0.1) is 0 Å². The van der Waals surface area contributed by atoms with Crippen molar-refractivity contribution in [3.63, 3.8) is 0 Å². The molecule has 0 saturated carbocycles. The summed E-state index contributed by atoms with van der Waals surface area (Å²) in [6.45, 7) is 1.83. The maximum absolute atomic E-state index is 12.5. The van der Waals surface area contributed by atoms with E-state index in [-0.39, 0.29) is 11.8 Å².